The molecule has 0 aliphatic heterocycles. The minimum Gasteiger partial charge on any atom is -0.497 e. The average molecular weight is 299 g/mol. The highest BCUT2D eigenvalue weighted by Crippen LogP contribution is 2.23. The standard InChI is InChI=1S/C12H11BrO2S/c1-14-10-3-2-4-11(6-10)15-7-12-5-9(13)8-16-12/h2-6,8H,7H2,1H3. The van der Waals surface area contributed by atoms with E-state index in [0.717, 1.165) is 16.0 Å². The Hall–Kier alpha value is -1.000. The zero-order valence-electron chi connectivity index (χ0n) is 8.77. The highest BCUT2D eigenvalue weighted by molar-refractivity contribution is 9.10. The Balaban J connectivity index is 1.99. The van der Waals surface area contributed by atoms with Crippen molar-refractivity contribution in [3.8, 4) is 11.5 Å². The zero-order valence-corrected chi connectivity index (χ0v) is 11.2. The second-order valence-electron chi connectivity index (χ2n) is 3.20. The molecule has 0 aliphatic carbocycles. The van der Waals surface area contributed by atoms with E-state index >= 15 is 0 Å². The van der Waals surface area contributed by atoms with Crippen LogP contribution in [0.4, 0.5) is 0 Å². The molecule has 0 fully saturated rings. The zero-order chi connectivity index (χ0) is 11.4. The molecular formula is C12H11BrO2S. The van der Waals surface area contributed by atoms with Gasteiger partial charge in [-0.05, 0) is 34.1 Å². The summed E-state index contributed by atoms with van der Waals surface area (Å²) in [7, 11) is 1.65. The lowest BCUT2D eigenvalue weighted by Gasteiger charge is -2.06. The molecule has 0 spiro atoms. The molecule has 0 atom stereocenters. The van der Waals surface area contributed by atoms with Crippen LogP contribution in [0.25, 0.3) is 0 Å². The largest absolute Gasteiger partial charge is 0.497 e. The van der Waals surface area contributed by atoms with Gasteiger partial charge in [0.1, 0.15) is 18.1 Å². The van der Waals surface area contributed by atoms with Gasteiger partial charge in [0.15, 0.2) is 0 Å². The molecular weight excluding hydrogens is 288 g/mol. The Labute approximate surface area is 107 Å². The average Bonchev–Trinajstić information content (AvgIpc) is 2.73. The molecule has 2 nitrogen and oxygen atoms in total. The van der Waals surface area contributed by atoms with Crippen molar-refractivity contribution >= 4 is 27.3 Å². The molecule has 0 radical (unpaired) electrons. The molecule has 1 aromatic carbocycles. The fraction of sp³-hybridized carbons (Fsp3) is 0.167. The molecule has 0 bridgehead atoms. The molecule has 4 heteroatoms. The molecule has 16 heavy (non-hydrogen) atoms. The highest BCUT2D eigenvalue weighted by atomic mass is 79.9. The van der Waals surface area contributed by atoms with Gasteiger partial charge in [-0.15, -0.1) is 11.3 Å². The molecule has 2 aromatic rings. The number of benzene rings is 1. The third-order valence-electron chi connectivity index (χ3n) is 2.04. The number of hydrogen-bond donors (Lipinski definition) is 0. The number of thiophene rings is 1. The maximum absolute atomic E-state index is 5.66. The van der Waals surface area contributed by atoms with E-state index in [1.165, 1.54) is 4.88 Å². The third-order valence-corrected chi connectivity index (χ3v) is 3.72. The van der Waals surface area contributed by atoms with Crippen molar-refractivity contribution < 1.29 is 9.47 Å². The van der Waals surface area contributed by atoms with Gasteiger partial charge in [0.25, 0.3) is 0 Å². The smallest absolute Gasteiger partial charge is 0.123 e. The summed E-state index contributed by atoms with van der Waals surface area (Å²) in [6.45, 7) is 0.587. The van der Waals surface area contributed by atoms with Gasteiger partial charge in [-0.25, -0.2) is 0 Å². The Kier molecular flexibility index (Phi) is 3.85. The van der Waals surface area contributed by atoms with Crippen molar-refractivity contribution in [1.29, 1.82) is 0 Å². The van der Waals surface area contributed by atoms with Crippen molar-refractivity contribution in [2.45, 2.75) is 6.61 Å². The van der Waals surface area contributed by atoms with Crippen LogP contribution in [0.15, 0.2) is 40.2 Å². The van der Waals surface area contributed by atoms with E-state index in [-0.39, 0.29) is 0 Å². The topological polar surface area (TPSA) is 18.5 Å². The molecule has 1 heterocycles. The Morgan fingerprint density at radius 1 is 1.25 bits per heavy atom. The SMILES string of the molecule is COc1cccc(OCc2cc(Br)cs2)c1. The summed E-state index contributed by atoms with van der Waals surface area (Å²) < 4.78 is 11.9. The van der Waals surface area contributed by atoms with Gasteiger partial charge in [-0.1, -0.05) is 6.07 Å². The van der Waals surface area contributed by atoms with E-state index in [1.54, 1.807) is 18.4 Å². The molecule has 2 rings (SSSR count). The minimum absolute atomic E-state index is 0.587. The van der Waals surface area contributed by atoms with Crippen molar-refractivity contribution in [3.63, 3.8) is 0 Å². The first-order valence-electron chi connectivity index (χ1n) is 4.77. The maximum atomic E-state index is 5.66. The Morgan fingerprint density at radius 3 is 2.75 bits per heavy atom. The highest BCUT2D eigenvalue weighted by Gasteiger charge is 2.00. The monoisotopic (exact) mass is 298 g/mol. The first-order valence-corrected chi connectivity index (χ1v) is 6.45. The van der Waals surface area contributed by atoms with Crippen molar-refractivity contribution in [3.05, 3.63) is 45.1 Å². The van der Waals surface area contributed by atoms with Gasteiger partial charge in [0.05, 0.1) is 7.11 Å². The van der Waals surface area contributed by atoms with Gasteiger partial charge < -0.3 is 9.47 Å². The number of hydrogen-bond acceptors (Lipinski definition) is 3. The predicted molar refractivity (Wildman–Crippen MR) is 69.3 cm³/mol. The summed E-state index contributed by atoms with van der Waals surface area (Å²) in [5, 5.41) is 2.05. The molecule has 1 aromatic heterocycles. The number of rotatable bonds is 4. The van der Waals surface area contributed by atoms with Crippen LogP contribution in [0, 0.1) is 0 Å². The van der Waals surface area contributed by atoms with Gasteiger partial charge in [-0.3, -0.25) is 0 Å². The number of halogens is 1. The van der Waals surface area contributed by atoms with E-state index in [9.17, 15) is 0 Å². The summed E-state index contributed by atoms with van der Waals surface area (Å²) in [5.41, 5.74) is 0. The lowest BCUT2D eigenvalue weighted by Crippen LogP contribution is -1.93. The van der Waals surface area contributed by atoms with Crippen LogP contribution in [0.3, 0.4) is 0 Å². The first-order chi connectivity index (χ1) is 7.78. The molecule has 0 saturated carbocycles. The summed E-state index contributed by atoms with van der Waals surface area (Å²) >= 11 is 5.09. The van der Waals surface area contributed by atoms with Gasteiger partial charge in [-0.2, -0.15) is 0 Å². The quantitative estimate of drug-likeness (QED) is 0.846. The summed E-state index contributed by atoms with van der Waals surface area (Å²) in [5.74, 6) is 1.63. The summed E-state index contributed by atoms with van der Waals surface area (Å²) in [6.07, 6.45) is 0. The van der Waals surface area contributed by atoms with Crippen LogP contribution in [-0.2, 0) is 6.61 Å². The van der Waals surface area contributed by atoms with Crippen molar-refractivity contribution in [1.82, 2.24) is 0 Å². The van der Waals surface area contributed by atoms with Crippen LogP contribution in [0.2, 0.25) is 0 Å². The van der Waals surface area contributed by atoms with Crippen molar-refractivity contribution in [2.24, 2.45) is 0 Å². The second kappa shape index (κ2) is 5.37. The lowest BCUT2D eigenvalue weighted by atomic mass is 10.3. The van der Waals surface area contributed by atoms with E-state index in [1.807, 2.05) is 29.6 Å². The number of ether oxygens (including phenoxy) is 2. The summed E-state index contributed by atoms with van der Waals surface area (Å²) in [4.78, 5) is 1.19. The maximum Gasteiger partial charge on any atom is 0.123 e. The lowest BCUT2D eigenvalue weighted by molar-refractivity contribution is 0.307. The van der Waals surface area contributed by atoms with Gasteiger partial charge in [0.2, 0.25) is 0 Å². The van der Waals surface area contributed by atoms with Crippen LogP contribution in [-0.4, -0.2) is 7.11 Å². The normalized spacial score (nSPS) is 10.1. The Morgan fingerprint density at radius 2 is 2.06 bits per heavy atom. The fourth-order valence-electron chi connectivity index (χ4n) is 1.27. The van der Waals surface area contributed by atoms with Gasteiger partial charge in [0, 0.05) is 20.8 Å². The second-order valence-corrected chi connectivity index (χ2v) is 5.11. The van der Waals surface area contributed by atoms with E-state index < -0.39 is 0 Å². The Bertz CT molecular complexity index is 468. The fourth-order valence-corrected chi connectivity index (χ4v) is 2.64. The molecule has 84 valence electrons. The van der Waals surface area contributed by atoms with E-state index in [4.69, 9.17) is 9.47 Å². The van der Waals surface area contributed by atoms with E-state index in [0.29, 0.717) is 6.61 Å². The molecule has 0 saturated heterocycles. The first kappa shape index (κ1) is 11.5. The van der Waals surface area contributed by atoms with Crippen LogP contribution in [0.5, 0.6) is 11.5 Å². The summed E-state index contributed by atoms with van der Waals surface area (Å²) in [6, 6.07) is 9.67. The molecule has 0 N–H and O–H groups in total. The van der Waals surface area contributed by atoms with Gasteiger partial charge >= 0.3 is 0 Å². The van der Waals surface area contributed by atoms with E-state index in [2.05, 4.69) is 22.0 Å². The molecule has 0 unspecified atom stereocenters. The third kappa shape index (κ3) is 3.00. The predicted octanol–water partition coefficient (Wildman–Crippen LogP) is 4.10. The van der Waals surface area contributed by atoms with Crippen LogP contribution in [0.1, 0.15) is 4.88 Å². The number of methoxy groups -OCH3 is 1. The molecule has 0 aliphatic rings. The van der Waals surface area contributed by atoms with Crippen LogP contribution >= 0.6 is 27.3 Å². The van der Waals surface area contributed by atoms with Crippen molar-refractivity contribution in [2.75, 3.05) is 7.11 Å². The molecule has 0 amide bonds. The minimum atomic E-state index is 0.587. The van der Waals surface area contributed by atoms with Crippen LogP contribution < -0.4 is 9.47 Å².